The summed E-state index contributed by atoms with van der Waals surface area (Å²) in [6.07, 6.45) is 14.7. The van der Waals surface area contributed by atoms with E-state index in [2.05, 4.69) is 26.0 Å². The van der Waals surface area contributed by atoms with Gasteiger partial charge in [0.1, 0.15) is 5.60 Å². The van der Waals surface area contributed by atoms with Crippen LogP contribution in [0, 0.1) is 28.6 Å². The van der Waals surface area contributed by atoms with E-state index in [4.69, 9.17) is 9.47 Å². The minimum absolute atomic E-state index is 0.0382. The van der Waals surface area contributed by atoms with E-state index in [9.17, 15) is 4.79 Å². The molecule has 2 saturated carbocycles. The van der Waals surface area contributed by atoms with Crippen LogP contribution in [0.15, 0.2) is 23.5 Å². The number of carbonyl (C=O) groups is 1. The van der Waals surface area contributed by atoms with Crippen molar-refractivity contribution in [1.82, 2.24) is 0 Å². The van der Waals surface area contributed by atoms with E-state index >= 15 is 0 Å². The first kappa shape index (κ1) is 16.9. The molecule has 0 amide bonds. The number of ether oxygens (including phenoxy) is 2. The Morgan fingerprint density at radius 3 is 2.62 bits per heavy atom. The summed E-state index contributed by atoms with van der Waals surface area (Å²) in [5.74, 6) is 3.40. The summed E-state index contributed by atoms with van der Waals surface area (Å²) < 4.78 is 11.6. The fourth-order valence-corrected chi connectivity index (χ4v) is 7.76. The van der Waals surface area contributed by atoms with Crippen molar-refractivity contribution in [3.05, 3.63) is 23.5 Å². The first-order chi connectivity index (χ1) is 12.4. The third kappa shape index (κ3) is 1.98. The number of carbonyl (C=O) groups excluding carboxylic acids is 1. The molecule has 0 N–H and O–H groups in total. The minimum Gasteiger partial charge on any atom is -0.501 e. The van der Waals surface area contributed by atoms with Crippen LogP contribution in [0.1, 0.15) is 71.6 Å². The molecule has 5 aliphatic rings. The van der Waals surface area contributed by atoms with Gasteiger partial charge in [-0.3, -0.25) is 4.79 Å². The monoisotopic (exact) mass is 356 g/mol. The smallest absolute Gasteiger partial charge is 0.306 e. The standard InChI is InChI=1S/C23H32O3/c1-21-10-6-16(25-3)14-15(21)4-5-17-18(21)7-11-22(2)19(17)8-12-23(22)13-9-20(24)26-23/h4,14,17-19H,5-13H2,1-3H3. The number of fused-ring (bicyclic) bond motifs is 6. The van der Waals surface area contributed by atoms with Crippen LogP contribution in [0.2, 0.25) is 0 Å². The number of hydrogen-bond donors (Lipinski definition) is 0. The maximum Gasteiger partial charge on any atom is 0.306 e. The van der Waals surface area contributed by atoms with Gasteiger partial charge < -0.3 is 9.47 Å². The van der Waals surface area contributed by atoms with Gasteiger partial charge in [-0.1, -0.05) is 19.9 Å². The van der Waals surface area contributed by atoms with E-state index in [1.54, 1.807) is 7.11 Å². The highest BCUT2D eigenvalue weighted by Crippen LogP contribution is 2.69. The van der Waals surface area contributed by atoms with Crippen LogP contribution in [0.5, 0.6) is 0 Å². The zero-order valence-electron chi connectivity index (χ0n) is 16.5. The van der Waals surface area contributed by atoms with Crippen LogP contribution >= 0.6 is 0 Å². The lowest BCUT2D eigenvalue weighted by Gasteiger charge is -2.58. The Balaban J connectivity index is 1.49. The summed E-state index contributed by atoms with van der Waals surface area (Å²) in [5.41, 5.74) is 1.85. The zero-order chi connectivity index (χ0) is 18.2. The van der Waals surface area contributed by atoms with Crippen LogP contribution in [-0.2, 0) is 14.3 Å². The Morgan fingerprint density at radius 2 is 1.88 bits per heavy atom. The summed E-state index contributed by atoms with van der Waals surface area (Å²) in [6.45, 7) is 4.95. The van der Waals surface area contributed by atoms with Crippen LogP contribution in [0.3, 0.4) is 0 Å². The van der Waals surface area contributed by atoms with Crippen molar-refractivity contribution in [2.24, 2.45) is 28.6 Å². The van der Waals surface area contributed by atoms with Gasteiger partial charge in [-0.25, -0.2) is 0 Å². The van der Waals surface area contributed by atoms with Gasteiger partial charge in [0.2, 0.25) is 0 Å². The molecule has 0 bridgehead atoms. The first-order valence-electron chi connectivity index (χ1n) is 10.6. The quantitative estimate of drug-likeness (QED) is 0.608. The molecule has 1 heterocycles. The second-order valence-electron chi connectivity index (χ2n) is 9.97. The van der Waals surface area contributed by atoms with Crippen molar-refractivity contribution in [1.29, 1.82) is 0 Å². The molecule has 0 radical (unpaired) electrons. The largest absolute Gasteiger partial charge is 0.501 e. The van der Waals surface area contributed by atoms with Gasteiger partial charge in [-0.05, 0) is 79.8 Å². The van der Waals surface area contributed by atoms with Crippen molar-refractivity contribution in [2.45, 2.75) is 77.2 Å². The van der Waals surface area contributed by atoms with E-state index in [1.807, 2.05) is 0 Å². The Labute approximate surface area is 157 Å². The fraction of sp³-hybridized carbons (Fsp3) is 0.783. The van der Waals surface area contributed by atoms with Gasteiger partial charge in [0.05, 0.1) is 12.9 Å². The van der Waals surface area contributed by atoms with E-state index in [-0.39, 0.29) is 17.0 Å². The van der Waals surface area contributed by atoms with Gasteiger partial charge in [0.25, 0.3) is 0 Å². The SMILES string of the molecule is COC1=CC2=CCC3C(CCC4(C)C3CCC43CCC(=O)O3)C2(C)CC1. The van der Waals surface area contributed by atoms with Gasteiger partial charge >= 0.3 is 5.97 Å². The second-order valence-corrected chi connectivity index (χ2v) is 9.97. The van der Waals surface area contributed by atoms with Gasteiger partial charge in [-0.2, -0.15) is 0 Å². The molecule has 3 fully saturated rings. The van der Waals surface area contributed by atoms with E-state index in [1.165, 1.54) is 37.7 Å². The molecule has 26 heavy (non-hydrogen) atoms. The van der Waals surface area contributed by atoms with Crippen LogP contribution < -0.4 is 0 Å². The van der Waals surface area contributed by atoms with Crippen LogP contribution in [-0.4, -0.2) is 18.7 Å². The normalized spacial score (nSPS) is 49.7. The van der Waals surface area contributed by atoms with Gasteiger partial charge in [-0.15, -0.1) is 0 Å². The summed E-state index contributed by atoms with van der Waals surface area (Å²) in [6, 6.07) is 0. The molecule has 142 valence electrons. The van der Waals surface area contributed by atoms with Crippen LogP contribution in [0.4, 0.5) is 0 Å². The number of allylic oxidation sites excluding steroid dienone is 4. The van der Waals surface area contributed by atoms with Crippen LogP contribution in [0.25, 0.3) is 0 Å². The number of hydrogen-bond acceptors (Lipinski definition) is 3. The van der Waals surface area contributed by atoms with E-state index in [0.29, 0.717) is 17.8 Å². The van der Waals surface area contributed by atoms with Crippen molar-refractivity contribution < 1.29 is 14.3 Å². The van der Waals surface area contributed by atoms with Crippen molar-refractivity contribution >= 4 is 5.97 Å². The zero-order valence-corrected chi connectivity index (χ0v) is 16.5. The van der Waals surface area contributed by atoms with Crippen molar-refractivity contribution in [3.63, 3.8) is 0 Å². The Hall–Kier alpha value is -1.25. The average Bonchev–Trinajstić information content (AvgIpc) is 3.15. The highest BCUT2D eigenvalue weighted by atomic mass is 16.6. The minimum atomic E-state index is -0.152. The molecule has 0 aromatic rings. The molecule has 1 aliphatic heterocycles. The predicted molar refractivity (Wildman–Crippen MR) is 100 cm³/mol. The maximum atomic E-state index is 12.0. The summed E-state index contributed by atoms with van der Waals surface area (Å²) in [7, 11) is 1.80. The molecule has 3 heteroatoms. The van der Waals surface area contributed by atoms with Crippen molar-refractivity contribution in [3.8, 4) is 0 Å². The number of methoxy groups -OCH3 is 1. The highest BCUT2D eigenvalue weighted by Gasteiger charge is 2.66. The molecular formula is C23H32O3. The fourth-order valence-electron chi connectivity index (χ4n) is 7.76. The number of esters is 1. The molecule has 1 saturated heterocycles. The molecule has 6 atom stereocenters. The summed E-state index contributed by atoms with van der Waals surface area (Å²) in [5, 5.41) is 0. The highest BCUT2D eigenvalue weighted by molar-refractivity contribution is 5.72. The molecule has 0 aromatic carbocycles. The van der Waals surface area contributed by atoms with E-state index < -0.39 is 0 Å². The van der Waals surface area contributed by atoms with Gasteiger partial charge in [0.15, 0.2) is 0 Å². The lowest BCUT2D eigenvalue weighted by Crippen LogP contribution is -2.54. The molecule has 5 rings (SSSR count). The molecular weight excluding hydrogens is 324 g/mol. The Bertz CT molecular complexity index is 706. The van der Waals surface area contributed by atoms with E-state index in [0.717, 1.165) is 36.9 Å². The Kier molecular flexibility index (Phi) is 3.50. The summed E-state index contributed by atoms with van der Waals surface area (Å²) in [4.78, 5) is 12.0. The molecule has 1 spiro atoms. The Morgan fingerprint density at radius 1 is 1.08 bits per heavy atom. The first-order valence-corrected chi connectivity index (χ1v) is 10.6. The lowest BCUT2D eigenvalue weighted by atomic mass is 9.47. The third-order valence-electron chi connectivity index (χ3n) is 9.33. The molecule has 0 aromatic heterocycles. The summed E-state index contributed by atoms with van der Waals surface area (Å²) >= 11 is 0. The van der Waals surface area contributed by atoms with Crippen molar-refractivity contribution in [2.75, 3.05) is 7.11 Å². The average molecular weight is 357 g/mol. The number of rotatable bonds is 1. The molecule has 4 aliphatic carbocycles. The third-order valence-corrected chi connectivity index (χ3v) is 9.33. The topological polar surface area (TPSA) is 35.5 Å². The maximum absolute atomic E-state index is 12.0. The second kappa shape index (κ2) is 5.39. The molecule has 3 nitrogen and oxygen atoms in total. The molecule has 6 unspecified atom stereocenters. The lowest BCUT2D eigenvalue weighted by molar-refractivity contribution is -0.167. The van der Waals surface area contributed by atoms with Gasteiger partial charge in [0, 0.05) is 18.3 Å². The predicted octanol–water partition coefficient (Wildman–Crippen LogP) is 5.17.